The zero-order valence-corrected chi connectivity index (χ0v) is 12.3. The third kappa shape index (κ3) is 3.11. The highest BCUT2D eigenvalue weighted by molar-refractivity contribution is 7.90. The lowest BCUT2D eigenvalue weighted by atomic mass is 10.2. The van der Waals surface area contributed by atoms with Gasteiger partial charge in [0.1, 0.15) is 5.75 Å². The first-order valence-corrected chi connectivity index (χ1v) is 7.79. The summed E-state index contributed by atoms with van der Waals surface area (Å²) >= 11 is 0. The molecule has 0 atom stereocenters. The maximum atomic E-state index is 12.5. The van der Waals surface area contributed by atoms with Crippen molar-refractivity contribution in [1.29, 1.82) is 0 Å². The molecular weight excluding hydrogens is 274 g/mol. The van der Waals surface area contributed by atoms with Crippen LogP contribution in [-0.4, -0.2) is 15.5 Å². The van der Waals surface area contributed by atoms with Crippen LogP contribution >= 0.6 is 0 Å². The molecule has 2 rings (SSSR count). The summed E-state index contributed by atoms with van der Waals surface area (Å²) in [5, 5.41) is 0. The number of benzene rings is 2. The van der Waals surface area contributed by atoms with E-state index in [2.05, 4.69) is 0 Å². The molecule has 0 radical (unpaired) electrons. The first-order chi connectivity index (χ1) is 9.42. The Labute approximate surface area is 119 Å². The molecule has 2 aromatic carbocycles. The highest BCUT2D eigenvalue weighted by Gasteiger charge is 2.18. The summed E-state index contributed by atoms with van der Waals surface area (Å²) in [6.45, 7) is 1.84. The molecule has 0 aliphatic heterocycles. The predicted molar refractivity (Wildman–Crippen MR) is 79.5 cm³/mol. The van der Waals surface area contributed by atoms with Crippen molar-refractivity contribution in [2.75, 3.05) is 12.8 Å². The molecule has 0 saturated carbocycles. The molecule has 0 bridgehead atoms. The normalized spacial score (nSPS) is 11.3. The lowest BCUT2D eigenvalue weighted by Crippen LogP contribution is -2.08. The van der Waals surface area contributed by atoms with Gasteiger partial charge in [0.2, 0.25) is 0 Å². The van der Waals surface area contributed by atoms with Crippen LogP contribution in [-0.2, 0) is 15.6 Å². The van der Waals surface area contributed by atoms with Gasteiger partial charge in [0.05, 0.1) is 23.4 Å². The van der Waals surface area contributed by atoms with E-state index in [1.807, 2.05) is 6.92 Å². The van der Waals surface area contributed by atoms with Gasteiger partial charge in [0.25, 0.3) is 0 Å². The number of nitrogens with two attached hydrogens (primary N) is 1. The Morgan fingerprint density at radius 2 is 1.90 bits per heavy atom. The molecule has 0 saturated heterocycles. The summed E-state index contributed by atoms with van der Waals surface area (Å²) in [7, 11) is -1.92. The molecule has 106 valence electrons. The van der Waals surface area contributed by atoms with E-state index in [-0.39, 0.29) is 16.3 Å². The third-order valence-electron chi connectivity index (χ3n) is 2.99. The summed E-state index contributed by atoms with van der Waals surface area (Å²) < 4.78 is 30.0. The Morgan fingerprint density at radius 3 is 2.60 bits per heavy atom. The van der Waals surface area contributed by atoms with Crippen LogP contribution in [0.4, 0.5) is 5.69 Å². The average Bonchev–Trinajstić information content (AvgIpc) is 2.41. The van der Waals surface area contributed by atoms with Gasteiger partial charge in [-0.15, -0.1) is 0 Å². The van der Waals surface area contributed by atoms with Crippen LogP contribution in [0.2, 0.25) is 0 Å². The van der Waals surface area contributed by atoms with Crippen molar-refractivity contribution in [2.24, 2.45) is 0 Å². The summed E-state index contributed by atoms with van der Waals surface area (Å²) in [5.41, 5.74) is 7.59. The zero-order chi connectivity index (χ0) is 14.8. The van der Waals surface area contributed by atoms with E-state index in [0.29, 0.717) is 11.3 Å². The average molecular weight is 291 g/mol. The third-order valence-corrected chi connectivity index (χ3v) is 4.73. The largest absolute Gasteiger partial charge is 0.497 e. The molecular formula is C15H17NO3S. The monoisotopic (exact) mass is 291 g/mol. The number of rotatable bonds is 4. The Kier molecular flexibility index (Phi) is 3.99. The van der Waals surface area contributed by atoms with Crippen molar-refractivity contribution in [3.05, 3.63) is 53.6 Å². The van der Waals surface area contributed by atoms with E-state index < -0.39 is 9.84 Å². The first-order valence-electron chi connectivity index (χ1n) is 6.14. The maximum absolute atomic E-state index is 12.5. The van der Waals surface area contributed by atoms with Crippen LogP contribution in [0, 0.1) is 6.92 Å². The van der Waals surface area contributed by atoms with Crippen molar-refractivity contribution >= 4 is 15.5 Å². The summed E-state index contributed by atoms with van der Waals surface area (Å²) in [6, 6.07) is 12.0. The van der Waals surface area contributed by atoms with Crippen LogP contribution < -0.4 is 10.5 Å². The zero-order valence-electron chi connectivity index (χ0n) is 11.5. The van der Waals surface area contributed by atoms with Crippen molar-refractivity contribution in [3.63, 3.8) is 0 Å². The molecule has 0 amide bonds. The molecule has 0 aromatic heterocycles. The number of aryl methyl sites for hydroxylation is 1. The highest BCUT2D eigenvalue weighted by Crippen LogP contribution is 2.24. The number of sulfone groups is 1. The van der Waals surface area contributed by atoms with E-state index in [0.717, 1.165) is 5.56 Å². The second kappa shape index (κ2) is 5.54. The first kappa shape index (κ1) is 14.4. The van der Waals surface area contributed by atoms with Gasteiger partial charge in [0.15, 0.2) is 9.84 Å². The second-order valence-corrected chi connectivity index (χ2v) is 6.61. The molecule has 5 heteroatoms. The fourth-order valence-corrected chi connectivity index (χ4v) is 3.54. The summed E-state index contributed by atoms with van der Waals surface area (Å²) in [5.74, 6) is 0.535. The predicted octanol–water partition coefficient (Wildman–Crippen LogP) is 2.56. The Morgan fingerprint density at radius 1 is 1.15 bits per heavy atom. The smallest absolute Gasteiger partial charge is 0.184 e. The van der Waals surface area contributed by atoms with Crippen LogP contribution in [0.3, 0.4) is 0 Å². The van der Waals surface area contributed by atoms with Gasteiger partial charge >= 0.3 is 0 Å². The molecule has 0 spiro atoms. The minimum atomic E-state index is -3.47. The summed E-state index contributed by atoms with van der Waals surface area (Å²) in [4.78, 5) is 0.181. The molecule has 0 aliphatic rings. The molecule has 4 nitrogen and oxygen atoms in total. The van der Waals surface area contributed by atoms with Gasteiger partial charge in [-0.3, -0.25) is 0 Å². The van der Waals surface area contributed by atoms with Gasteiger partial charge in [-0.05, 0) is 42.3 Å². The van der Waals surface area contributed by atoms with Gasteiger partial charge in [-0.1, -0.05) is 18.2 Å². The molecule has 2 N–H and O–H groups in total. The number of nitrogen functional groups attached to an aromatic ring is 1. The number of hydrogen-bond donors (Lipinski definition) is 1. The highest BCUT2D eigenvalue weighted by atomic mass is 32.2. The number of hydrogen-bond acceptors (Lipinski definition) is 4. The standard InChI is InChI=1S/C15H17NO3S/c1-11-6-7-14(16)15(8-11)20(17,18)10-12-4-3-5-13(9-12)19-2/h3-9H,10,16H2,1-2H3. The summed E-state index contributed by atoms with van der Waals surface area (Å²) in [6.07, 6.45) is 0. The fraction of sp³-hybridized carbons (Fsp3) is 0.200. The van der Waals surface area contributed by atoms with Crippen LogP contribution in [0.25, 0.3) is 0 Å². The SMILES string of the molecule is COc1cccc(CS(=O)(=O)c2cc(C)ccc2N)c1. The van der Waals surface area contributed by atoms with Gasteiger partial charge in [0, 0.05) is 0 Å². The quantitative estimate of drug-likeness (QED) is 0.879. The molecule has 0 fully saturated rings. The molecule has 2 aromatic rings. The minimum absolute atomic E-state index is 0.0994. The fourth-order valence-electron chi connectivity index (χ4n) is 1.97. The van der Waals surface area contributed by atoms with Crippen LogP contribution in [0.15, 0.2) is 47.4 Å². The van der Waals surface area contributed by atoms with Gasteiger partial charge in [-0.2, -0.15) is 0 Å². The van der Waals surface area contributed by atoms with E-state index in [9.17, 15) is 8.42 Å². The Balaban J connectivity index is 2.38. The van der Waals surface area contributed by atoms with Crippen molar-refractivity contribution in [1.82, 2.24) is 0 Å². The number of ether oxygens (including phenoxy) is 1. The lowest BCUT2D eigenvalue weighted by Gasteiger charge is -2.09. The van der Waals surface area contributed by atoms with Crippen LogP contribution in [0.5, 0.6) is 5.75 Å². The van der Waals surface area contributed by atoms with E-state index in [4.69, 9.17) is 10.5 Å². The number of anilines is 1. The molecule has 20 heavy (non-hydrogen) atoms. The Bertz CT molecular complexity index is 724. The van der Waals surface area contributed by atoms with Crippen LogP contribution in [0.1, 0.15) is 11.1 Å². The van der Waals surface area contributed by atoms with Crippen molar-refractivity contribution in [3.8, 4) is 5.75 Å². The molecule has 0 heterocycles. The minimum Gasteiger partial charge on any atom is -0.497 e. The van der Waals surface area contributed by atoms with Crippen molar-refractivity contribution in [2.45, 2.75) is 17.6 Å². The molecule has 0 unspecified atom stereocenters. The van der Waals surface area contributed by atoms with Gasteiger partial charge < -0.3 is 10.5 Å². The lowest BCUT2D eigenvalue weighted by molar-refractivity contribution is 0.414. The number of methoxy groups -OCH3 is 1. The maximum Gasteiger partial charge on any atom is 0.184 e. The van der Waals surface area contributed by atoms with Crippen molar-refractivity contribution < 1.29 is 13.2 Å². The van der Waals surface area contributed by atoms with E-state index >= 15 is 0 Å². The molecule has 0 aliphatic carbocycles. The van der Waals surface area contributed by atoms with E-state index in [1.54, 1.807) is 49.6 Å². The second-order valence-electron chi connectivity index (χ2n) is 4.65. The Hall–Kier alpha value is -2.01. The van der Waals surface area contributed by atoms with Gasteiger partial charge in [-0.25, -0.2) is 8.42 Å². The van der Waals surface area contributed by atoms with E-state index in [1.165, 1.54) is 0 Å². The topological polar surface area (TPSA) is 69.4 Å².